The molecule has 3 amide bonds. The Morgan fingerprint density at radius 1 is 1.38 bits per heavy atom. The Bertz CT molecular complexity index is 825. The summed E-state index contributed by atoms with van der Waals surface area (Å²) in [6, 6.07) is 5.85. The van der Waals surface area contributed by atoms with Crippen molar-refractivity contribution in [2.45, 2.75) is 6.54 Å². The van der Waals surface area contributed by atoms with Crippen molar-refractivity contribution in [3.63, 3.8) is 0 Å². The zero-order chi connectivity index (χ0) is 17.1. The van der Waals surface area contributed by atoms with E-state index in [-0.39, 0.29) is 18.0 Å². The highest BCUT2D eigenvalue weighted by Gasteiger charge is 2.34. The van der Waals surface area contributed by atoms with Gasteiger partial charge in [-0.3, -0.25) is 14.7 Å². The molecule has 0 saturated carbocycles. The van der Waals surface area contributed by atoms with E-state index in [9.17, 15) is 14.4 Å². The van der Waals surface area contributed by atoms with Crippen LogP contribution in [-0.4, -0.2) is 34.9 Å². The molecule has 8 heteroatoms. The minimum absolute atomic E-state index is 0.00526. The van der Waals surface area contributed by atoms with Gasteiger partial charge in [-0.1, -0.05) is 6.07 Å². The molecule has 0 unspecified atom stereocenters. The summed E-state index contributed by atoms with van der Waals surface area (Å²) in [4.78, 5) is 40.6. The summed E-state index contributed by atoms with van der Waals surface area (Å²) in [5.41, 5.74) is 0.835. The average Bonchev–Trinajstić information content (AvgIpc) is 3.16. The van der Waals surface area contributed by atoms with Crippen LogP contribution in [0.5, 0.6) is 0 Å². The number of ether oxygens (including phenoxy) is 1. The molecule has 8 nitrogen and oxygen atoms in total. The SMILES string of the molecule is COC(=O)c1ccc(CN2C(=O)NC(=Cc3cccnc3)C2=O)o1. The topological polar surface area (TPSA) is 102 Å². The molecule has 0 bridgehead atoms. The van der Waals surface area contributed by atoms with Crippen molar-refractivity contribution >= 4 is 24.0 Å². The Labute approximate surface area is 136 Å². The standard InChI is InChI=1S/C16H13N3O5/c1-23-15(21)13-5-4-11(24-13)9-19-14(20)12(18-16(19)22)7-10-3-2-6-17-8-10/h2-8H,9H2,1H3,(H,18,22). The molecule has 122 valence electrons. The first-order valence-electron chi connectivity index (χ1n) is 7.00. The molecule has 0 atom stereocenters. The molecule has 2 aromatic rings. The number of nitrogens with one attached hydrogen (secondary N) is 1. The van der Waals surface area contributed by atoms with Crippen molar-refractivity contribution in [3.05, 3.63) is 59.4 Å². The Morgan fingerprint density at radius 3 is 2.92 bits per heavy atom. The first kappa shape index (κ1) is 15.5. The van der Waals surface area contributed by atoms with E-state index in [1.165, 1.54) is 25.3 Å². The molecule has 0 spiro atoms. The van der Waals surface area contributed by atoms with Crippen molar-refractivity contribution in [3.8, 4) is 0 Å². The van der Waals surface area contributed by atoms with E-state index in [1.54, 1.807) is 24.5 Å². The number of imide groups is 1. The van der Waals surface area contributed by atoms with Crippen LogP contribution in [0.1, 0.15) is 21.9 Å². The van der Waals surface area contributed by atoms with E-state index in [4.69, 9.17) is 4.42 Å². The molecule has 24 heavy (non-hydrogen) atoms. The summed E-state index contributed by atoms with van der Waals surface area (Å²) in [6.45, 7) is -0.0912. The van der Waals surface area contributed by atoms with Crippen LogP contribution >= 0.6 is 0 Å². The second-order valence-corrected chi connectivity index (χ2v) is 4.92. The van der Waals surface area contributed by atoms with E-state index in [1.807, 2.05) is 0 Å². The number of methoxy groups -OCH3 is 1. The third-order valence-electron chi connectivity index (χ3n) is 3.32. The number of pyridine rings is 1. The molecule has 1 N–H and O–H groups in total. The van der Waals surface area contributed by atoms with Crippen molar-refractivity contribution < 1.29 is 23.5 Å². The predicted octanol–water partition coefficient (Wildman–Crippen LogP) is 1.55. The summed E-state index contributed by atoms with van der Waals surface area (Å²) in [6.07, 6.45) is 4.72. The number of furan rings is 1. The minimum atomic E-state index is -0.629. The van der Waals surface area contributed by atoms with Gasteiger partial charge in [0.15, 0.2) is 0 Å². The van der Waals surface area contributed by atoms with Crippen LogP contribution in [0.3, 0.4) is 0 Å². The molecular weight excluding hydrogens is 314 g/mol. The number of carbonyl (C=O) groups excluding carboxylic acids is 3. The van der Waals surface area contributed by atoms with Crippen LogP contribution in [0.4, 0.5) is 4.79 Å². The lowest BCUT2D eigenvalue weighted by Gasteiger charge is -2.09. The first-order chi connectivity index (χ1) is 11.6. The minimum Gasteiger partial charge on any atom is -0.463 e. The fraction of sp³-hybridized carbons (Fsp3) is 0.125. The highest BCUT2D eigenvalue weighted by atomic mass is 16.5. The summed E-state index contributed by atoms with van der Waals surface area (Å²) in [5, 5.41) is 2.50. The van der Waals surface area contributed by atoms with Gasteiger partial charge in [0.2, 0.25) is 5.76 Å². The number of esters is 1. The highest BCUT2D eigenvalue weighted by Crippen LogP contribution is 2.18. The fourth-order valence-corrected chi connectivity index (χ4v) is 2.17. The maximum absolute atomic E-state index is 12.3. The van der Waals surface area contributed by atoms with E-state index in [2.05, 4.69) is 15.0 Å². The number of aromatic nitrogens is 1. The molecule has 1 aliphatic rings. The number of nitrogens with zero attached hydrogens (tertiary/aromatic N) is 2. The zero-order valence-electron chi connectivity index (χ0n) is 12.7. The van der Waals surface area contributed by atoms with Gasteiger partial charge in [-0.25, -0.2) is 9.59 Å². The first-order valence-corrected chi connectivity index (χ1v) is 7.00. The van der Waals surface area contributed by atoms with Crippen LogP contribution < -0.4 is 5.32 Å². The van der Waals surface area contributed by atoms with Crippen LogP contribution in [0.15, 0.2) is 46.8 Å². The number of amides is 3. The van der Waals surface area contributed by atoms with Gasteiger partial charge in [0, 0.05) is 12.4 Å². The molecule has 0 aliphatic carbocycles. The molecule has 3 rings (SSSR count). The zero-order valence-corrected chi connectivity index (χ0v) is 12.7. The van der Waals surface area contributed by atoms with Gasteiger partial charge in [0.1, 0.15) is 11.5 Å². The van der Waals surface area contributed by atoms with Crippen molar-refractivity contribution in [1.82, 2.24) is 15.2 Å². The third-order valence-corrected chi connectivity index (χ3v) is 3.32. The molecule has 0 aromatic carbocycles. The second kappa shape index (κ2) is 6.37. The van der Waals surface area contributed by atoms with Crippen molar-refractivity contribution in [2.75, 3.05) is 7.11 Å². The Balaban J connectivity index is 1.76. The van der Waals surface area contributed by atoms with Crippen molar-refractivity contribution in [1.29, 1.82) is 0 Å². The largest absolute Gasteiger partial charge is 0.463 e. The van der Waals surface area contributed by atoms with Gasteiger partial charge in [-0.15, -0.1) is 0 Å². The lowest BCUT2D eigenvalue weighted by atomic mass is 10.2. The molecule has 0 radical (unpaired) electrons. The van der Waals surface area contributed by atoms with Gasteiger partial charge in [-0.05, 0) is 29.8 Å². The summed E-state index contributed by atoms with van der Waals surface area (Å²) < 4.78 is 9.81. The molecular formula is C16H13N3O5. The molecule has 3 heterocycles. The van der Waals surface area contributed by atoms with Crippen LogP contribution in [-0.2, 0) is 16.1 Å². The number of hydrogen-bond acceptors (Lipinski definition) is 6. The fourth-order valence-electron chi connectivity index (χ4n) is 2.17. The maximum Gasteiger partial charge on any atom is 0.373 e. The van der Waals surface area contributed by atoms with E-state index < -0.39 is 17.9 Å². The average molecular weight is 327 g/mol. The third kappa shape index (κ3) is 3.02. The highest BCUT2D eigenvalue weighted by molar-refractivity contribution is 6.13. The molecule has 1 saturated heterocycles. The maximum atomic E-state index is 12.3. The molecule has 1 fully saturated rings. The van der Waals surface area contributed by atoms with Crippen LogP contribution in [0.2, 0.25) is 0 Å². The Hall–Kier alpha value is -3.42. The summed E-state index contributed by atoms with van der Waals surface area (Å²) >= 11 is 0. The Kier molecular flexibility index (Phi) is 4.11. The summed E-state index contributed by atoms with van der Waals surface area (Å²) in [5.74, 6) is -0.817. The number of rotatable bonds is 4. The van der Waals surface area contributed by atoms with Gasteiger partial charge in [-0.2, -0.15) is 0 Å². The number of hydrogen-bond donors (Lipinski definition) is 1. The van der Waals surface area contributed by atoms with Crippen LogP contribution in [0, 0.1) is 0 Å². The van der Waals surface area contributed by atoms with E-state index in [0.717, 1.165) is 4.90 Å². The van der Waals surface area contributed by atoms with Gasteiger partial charge in [0.05, 0.1) is 13.7 Å². The lowest BCUT2D eigenvalue weighted by Crippen LogP contribution is -2.30. The monoisotopic (exact) mass is 327 g/mol. The second-order valence-electron chi connectivity index (χ2n) is 4.92. The molecule has 2 aromatic heterocycles. The smallest absolute Gasteiger partial charge is 0.373 e. The number of urea groups is 1. The molecule has 1 aliphatic heterocycles. The van der Waals surface area contributed by atoms with E-state index in [0.29, 0.717) is 11.3 Å². The van der Waals surface area contributed by atoms with Gasteiger partial charge in [0.25, 0.3) is 5.91 Å². The quantitative estimate of drug-likeness (QED) is 0.519. The normalized spacial score (nSPS) is 15.7. The predicted molar refractivity (Wildman–Crippen MR) is 81.3 cm³/mol. The van der Waals surface area contributed by atoms with Crippen LogP contribution in [0.25, 0.3) is 6.08 Å². The Morgan fingerprint density at radius 2 is 2.21 bits per heavy atom. The number of carbonyl (C=O) groups is 3. The van der Waals surface area contributed by atoms with Gasteiger partial charge < -0.3 is 14.5 Å². The lowest BCUT2D eigenvalue weighted by molar-refractivity contribution is -0.123. The van der Waals surface area contributed by atoms with Crippen molar-refractivity contribution in [2.24, 2.45) is 0 Å². The van der Waals surface area contributed by atoms with Gasteiger partial charge >= 0.3 is 12.0 Å². The van der Waals surface area contributed by atoms with E-state index >= 15 is 0 Å². The summed E-state index contributed by atoms with van der Waals surface area (Å²) in [7, 11) is 1.23.